The van der Waals surface area contributed by atoms with Crippen molar-refractivity contribution >= 4 is 11.9 Å². The number of carbonyl (C=O) groups is 2. The molecular weight excluding hydrogens is 313 g/mol. The van der Waals surface area contributed by atoms with Crippen LogP contribution in [0.1, 0.15) is 42.6 Å². The van der Waals surface area contributed by atoms with E-state index < -0.39 is 29.2 Å². The number of methoxy groups -OCH3 is 1. The van der Waals surface area contributed by atoms with Crippen molar-refractivity contribution in [2.24, 2.45) is 0 Å². The van der Waals surface area contributed by atoms with Gasteiger partial charge in [0, 0.05) is 11.1 Å². The van der Waals surface area contributed by atoms with Crippen molar-refractivity contribution in [1.29, 1.82) is 0 Å². The monoisotopic (exact) mass is 332 g/mol. The smallest absolute Gasteiger partial charge is 0.416 e. The molecule has 0 radical (unpaired) electrons. The minimum atomic E-state index is -4.45. The fraction of sp³-hybridized carbons (Fsp3) is 0.467. The van der Waals surface area contributed by atoms with Crippen LogP contribution in [0.5, 0.6) is 0 Å². The molecule has 0 spiro atoms. The quantitative estimate of drug-likeness (QED) is 0.621. The number of amides is 1. The third-order valence-corrected chi connectivity index (χ3v) is 3.49. The fourth-order valence-electron chi connectivity index (χ4n) is 1.74. The van der Waals surface area contributed by atoms with E-state index in [4.69, 9.17) is 0 Å². The summed E-state index contributed by atoms with van der Waals surface area (Å²) in [7, 11) is 1.26. The molecule has 128 valence electrons. The maximum atomic E-state index is 12.5. The number of hydrogen-bond acceptors (Lipinski definition) is 4. The minimum absolute atomic E-state index is 0.0350. The van der Waals surface area contributed by atoms with Crippen LogP contribution in [0.4, 0.5) is 13.2 Å². The van der Waals surface area contributed by atoms with Crippen LogP contribution < -0.4 is 10.9 Å². The molecule has 1 rings (SSSR count). The van der Waals surface area contributed by atoms with Gasteiger partial charge in [-0.15, -0.1) is 0 Å². The maximum Gasteiger partial charge on any atom is 0.416 e. The average Bonchev–Trinajstić information content (AvgIpc) is 2.51. The first-order valence-electron chi connectivity index (χ1n) is 6.93. The minimum Gasteiger partial charge on any atom is -0.469 e. The normalized spacial score (nSPS) is 14.0. The van der Waals surface area contributed by atoms with Gasteiger partial charge >= 0.3 is 12.1 Å². The average molecular weight is 332 g/mol. The van der Waals surface area contributed by atoms with Crippen molar-refractivity contribution in [3.8, 4) is 0 Å². The van der Waals surface area contributed by atoms with Crippen LogP contribution in [0.2, 0.25) is 0 Å². The predicted molar refractivity (Wildman–Crippen MR) is 77.4 cm³/mol. The van der Waals surface area contributed by atoms with Gasteiger partial charge in [-0.25, -0.2) is 5.43 Å². The van der Waals surface area contributed by atoms with E-state index in [0.717, 1.165) is 24.3 Å². The number of benzene rings is 1. The van der Waals surface area contributed by atoms with Gasteiger partial charge in [0.1, 0.15) is 0 Å². The van der Waals surface area contributed by atoms with E-state index in [1.807, 2.05) is 6.92 Å². The standard InChI is InChI=1S/C15H19F3N2O3/c1-4-14(2,9-12(21)23-3)20-19-13(22)10-5-7-11(8-6-10)15(16,17)18/h5-8,20H,4,9H2,1-3H3,(H,19,22)/t14-/m0/s1. The Balaban J connectivity index is 2.70. The van der Waals surface area contributed by atoms with Gasteiger partial charge in [0.25, 0.3) is 5.91 Å². The summed E-state index contributed by atoms with van der Waals surface area (Å²) in [6, 6.07) is 3.84. The summed E-state index contributed by atoms with van der Waals surface area (Å²) < 4.78 is 42.0. The molecule has 1 amide bonds. The molecule has 1 aromatic rings. The van der Waals surface area contributed by atoms with Gasteiger partial charge in [-0.1, -0.05) is 6.92 Å². The van der Waals surface area contributed by atoms with E-state index >= 15 is 0 Å². The maximum absolute atomic E-state index is 12.5. The third kappa shape index (κ3) is 5.55. The Morgan fingerprint density at radius 2 is 1.74 bits per heavy atom. The molecule has 1 aromatic carbocycles. The zero-order valence-electron chi connectivity index (χ0n) is 13.1. The lowest BCUT2D eigenvalue weighted by Gasteiger charge is -2.28. The number of esters is 1. The highest BCUT2D eigenvalue weighted by atomic mass is 19.4. The number of alkyl halides is 3. The van der Waals surface area contributed by atoms with E-state index in [2.05, 4.69) is 15.6 Å². The molecular formula is C15H19F3N2O3. The molecule has 0 bridgehead atoms. The summed E-state index contributed by atoms with van der Waals surface area (Å²) in [5.74, 6) is -1.03. The van der Waals surface area contributed by atoms with E-state index in [1.54, 1.807) is 6.92 Å². The largest absolute Gasteiger partial charge is 0.469 e. The van der Waals surface area contributed by atoms with Gasteiger partial charge < -0.3 is 4.74 Å². The zero-order chi connectivity index (χ0) is 17.7. The zero-order valence-corrected chi connectivity index (χ0v) is 13.1. The van der Waals surface area contributed by atoms with Crippen molar-refractivity contribution in [2.45, 2.75) is 38.4 Å². The van der Waals surface area contributed by atoms with Gasteiger partial charge in [0.2, 0.25) is 0 Å². The van der Waals surface area contributed by atoms with Crippen molar-refractivity contribution < 1.29 is 27.5 Å². The second-order valence-corrected chi connectivity index (χ2v) is 5.32. The Labute approximate surface area is 132 Å². The molecule has 2 N–H and O–H groups in total. The van der Waals surface area contributed by atoms with Gasteiger partial charge in [-0.3, -0.25) is 15.0 Å². The van der Waals surface area contributed by atoms with Crippen molar-refractivity contribution in [1.82, 2.24) is 10.9 Å². The second kappa shape index (κ2) is 7.45. The Morgan fingerprint density at radius 1 is 1.17 bits per heavy atom. The van der Waals surface area contributed by atoms with Crippen LogP contribution in [0.25, 0.3) is 0 Å². The van der Waals surface area contributed by atoms with E-state index in [1.165, 1.54) is 7.11 Å². The van der Waals surface area contributed by atoms with E-state index in [0.29, 0.717) is 6.42 Å². The molecule has 0 aliphatic carbocycles. The number of nitrogens with one attached hydrogen (secondary N) is 2. The Hall–Kier alpha value is -2.09. The molecule has 8 heteroatoms. The molecule has 0 unspecified atom stereocenters. The Bertz CT molecular complexity index is 558. The van der Waals surface area contributed by atoms with Crippen molar-refractivity contribution in [2.75, 3.05) is 7.11 Å². The van der Waals surface area contributed by atoms with Crippen LogP contribution in [0.3, 0.4) is 0 Å². The molecule has 0 heterocycles. The van der Waals surface area contributed by atoms with E-state index in [-0.39, 0.29) is 12.0 Å². The molecule has 0 fully saturated rings. The lowest BCUT2D eigenvalue weighted by molar-refractivity contribution is -0.142. The third-order valence-electron chi connectivity index (χ3n) is 3.49. The summed E-state index contributed by atoms with van der Waals surface area (Å²) in [6.45, 7) is 3.54. The topological polar surface area (TPSA) is 67.4 Å². The number of ether oxygens (including phenoxy) is 1. The van der Waals surface area contributed by atoms with Crippen LogP contribution >= 0.6 is 0 Å². The van der Waals surface area contributed by atoms with E-state index in [9.17, 15) is 22.8 Å². The molecule has 0 saturated carbocycles. The second-order valence-electron chi connectivity index (χ2n) is 5.32. The summed E-state index contributed by atoms with van der Waals surface area (Å²) in [6.07, 6.45) is -3.89. The molecule has 0 aromatic heterocycles. The van der Waals surface area contributed by atoms with Gasteiger partial charge in [-0.2, -0.15) is 13.2 Å². The highest BCUT2D eigenvalue weighted by molar-refractivity contribution is 5.93. The Kier molecular flexibility index (Phi) is 6.14. The first-order valence-corrected chi connectivity index (χ1v) is 6.93. The molecule has 0 aliphatic heterocycles. The highest BCUT2D eigenvalue weighted by Gasteiger charge is 2.30. The van der Waals surface area contributed by atoms with Gasteiger partial charge in [0.05, 0.1) is 19.1 Å². The number of hydrogen-bond donors (Lipinski definition) is 2. The first-order chi connectivity index (χ1) is 10.6. The Morgan fingerprint density at radius 3 is 2.17 bits per heavy atom. The number of halogens is 3. The molecule has 0 saturated heterocycles. The lowest BCUT2D eigenvalue weighted by Crippen LogP contribution is -2.53. The predicted octanol–water partition coefficient (Wildman–Crippen LogP) is 2.67. The van der Waals surface area contributed by atoms with Gasteiger partial charge in [0.15, 0.2) is 0 Å². The number of carbonyl (C=O) groups excluding carboxylic acids is 2. The van der Waals surface area contributed by atoms with Crippen molar-refractivity contribution in [3.05, 3.63) is 35.4 Å². The summed E-state index contributed by atoms with van der Waals surface area (Å²) in [4.78, 5) is 23.3. The summed E-state index contributed by atoms with van der Waals surface area (Å²) >= 11 is 0. The summed E-state index contributed by atoms with van der Waals surface area (Å²) in [5, 5.41) is 0. The number of hydrazine groups is 1. The van der Waals surface area contributed by atoms with Crippen molar-refractivity contribution in [3.63, 3.8) is 0 Å². The van der Waals surface area contributed by atoms with Crippen LogP contribution in [-0.2, 0) is 15.7 Å². The summed E-state index contributed by atoms with van der Waals surface area (Å²) in [5.41, 5.74) is 3.65. The first kappa shape index (κ1) is 19.0. The van der Waals surface area contributed by atoms with Gasteiger partial charge in [-0.05, 0) is 37.6 Å². The molecule has 23 heavy (non-hydrogen) atoms. The van der Waals surface area contributed by atoms with Crippen LogP contribution in [0.15, 0.2) is 24.3 Å². The van der Waals surface area contributed by atoms with Crippen LogP contribution in [-0.4, -0.2) is 24.5 Å². The lowest BCUT2D eigenvalue weighted by atomic mass is 9.96. The number of rotatable bonds is 6. The molecule has 5 nitrogen and oxygen atoms in total. The highest BCUT2D eigenvalue weighted by Crippen LogP contribution is 2.29. The fourth-order valence-corrected chi connectivity index (χ4v) is 1.74. The molecule has 1 atom stereocenters. The SMILES string of the molecule is CC[C@@](C)(CC(=O)OC)NNC(=O)c1ccc(C(F)(F)F)cc1. The van der Waals surface area contributed by atoms with Crippen LogP contribution in [0, 0.1) is 0 Å². The molecule has 0 aliphatic rings.